The summed E-state index contributed by atoms with van der Waals surface area (Å²) in [5.74, 6) is 0.142. The van der Waals surface area contributed by atoms with Gasteiger partial charge in [-0.1, -0.05) is 44.2 Å². The molecule has 140 valence electrons. The van der Waals surface area contributed by atoms with Crippen LogP contribution in [0.5, 0.6) is 0 Å². The van der Waals surface area contributed by atoms with Gasteiger partial charge >= 0.3 is 0 Å². The van der Waals surface area contributed by atoms with Crippen molar-refractivity contribution in [2.75, 3.05) is 5.75 Å². The molecule has 3 fully saturated rings. The molecule has 1 spiro atoms. The molecule has 1 aromatic rings. The second-order valence-electron chi connectivity index (χ2n) is 8.62. The molecule has 6 heteroatoms. The number of fused-ring (bicyclic) bond motifs is 1. The first-order valence-electron chi connectivity index (χ1n) is 9.19. The Kier molecular flexibility index (Phi) is 3.78. The molecule has 2 aliphatic carbocycles. The highest BCUT2D eigenvalue weighted by atomic mass is 32.2. The molecule has 1 aliphatic heterocycles. The number of nitrogens with zero attached hydrogens (tertiary/aromatic N) is 2. The average Bonchev–Trinajstić information content (AvgIpc) is 3.02. The van der Waals surface area contributed by atoms with Crippen molar-refractivity contribution in [3.8, 4) is 0 Å². The third kappa shape index (κ3) is 2.34. The molecular weight excluding hydrogens is 348 g/mol. The largest absolute Gasteiger partial charge is 0.855 e. The van der Waals surface area contributed by atoms with Gasteiger partial charge in [-0.15, -0.1) is 0 Å². The molecule has 26 heavy (non-hydrogen) atoms. The van der Waals surface area contributed by atoms with Crippen LogP contribution in [0.3, 0.4) is 0 Å². The van der Waals surface area contributed by atoms with Crippen LogP contribution < -0.4 is 5.11 Å². The average molecular weight is 375 g/mol. The fourth-order valence-corrected chi connectivity index (χ4v) is 8.15. The van der Waals surface area contributed by atoms with Crippen molar-refractivity contribution in [3.05, 3.63) is 48.0 Å². The molecule has 1 saturated heterocycles. The van der Waals surface area contributed by atoms with Crippen LogP contribution in [0.2, 0.25) is 0 Å². The van der Waals surface area contributed by atoms with Crippen LogP contribution in [0.1, 0.15) is 38.7 Å². The molecule has 0 radical (unpaired) electrons. The summed E-state index contributed by atoms with van der Waals surface area (Å²) in [5.41, 5.74) is 0.702. The molecule has 0 amide bonds. The molecule has 0 unspecified atom stereocenters. The van der Waals surface area contributed by atoms with E-state index in [0.717, 1.165) is 24.8 Å². The molecule has 2 bridgehead atoms. The van der Waals surface area contributed by atoms with Crippen molar-refractivity contribution in [2.24, 2.45) is 16.7 Å². The van der Waals surface area contributed by atoms with Crippen LogP contribution >= 0.6 is 0 Å². The van der Waals surface area contributed by atoms with Gasteiger partial charge in [-0.25, -0.2) is 13.0 Å². The van der Waals surface area contributed by atoms with E-state index in [9.17, 15) is 13.5 Å². The molecule has 1 heterocycles. The minimum absolute atomic E-state index is 0.0338. The van der Waals surface area contributed by atoms with Crippen LogP contribution in [0, 0.1) is 16.7 Å². The van der Waals surface area contributed by atoms with Gasteiger partial charge < -0.3 is 5.11 Å². The summed E-state index contributed by atoms with van der Waals surface area (Å²) in [6.45, 7) is 8.71. The van der Waals surface area contributed by atoms with E-state index in [1.165, 1.54) is 15.1 Å². The minimum atomic E-state index is -3.58. The Morgan fingerprint density at radius 2 is 2.08 bits per heavy atom. The van der Waals surface area contributed by atoms with Gasteiger partial charge in [0.2, 0.25) is 10.0 Å². The fourth-order valence-electron chi connectivity index (χ4n) is 5.66. The van der Waals surface area contributed by atoms with E-state index in [4.69, 9.17) is 0 Å². The van der Waals surface area contributed by atoms with Crippen LogP contribution in [-0.2, 0) is 16.6 Å². The summed E-state index contributed by atoms with van der Waals surface area (Å²) in [5, 5.41) is 12.9. The van der Waals surface area contributed by atoms with E-state index in [-0.39, 0.29) is 22.6 Å². The summed E-state index contributed by atoms with van der Waals surface area (Å²) < 4.78 is 28.4. The van der Waals surface area contributed by atoms with E-state index in [1.54, 1.807) is 0 Å². The van der Waals surface area contributed by atoms with E-state index < -0.39 is 15.9 Å². The smallest absolute Gasteiger partial charge is 0.235 e. The second kappa shape index (κ2) is 5.59. The summed E-state index contributed by atoms with van der Waals surface area (Å²) >= 11 is 0. The summed E-state index contributed by atoms with van der Waals surface area (Å²) in [6, 6.07) is 9.50. The van der Waals surface area contributed by atoms with Gasteiger partial charge in [0.25, 0.3) is 0 Å². The van der Waals surface area contributed by atoms with E-state index in [2.05, 4.69) is 20.6 Å². The summed E-state index contributed by atoms with van der Waals surface area (Å²) in [7, 11) is -3.58. The number of hydrogen-bond donors (Lipinski definition) is 0. The molecular formula is C20H26N2O3S. The number of rotatable bonds is 4. The Hall–Kier alpha value is -1.82. The van der Waals surface area contributed by atoms with Crippen LogP contribution in [-0.4, -0.2) is 35.8 Å². The Balaban J connectivity index is 1.62. The lowest BCUT2D eigenvalue weighted by Crippen LogP contribution is -2.43. The highest BCUT2D eigenvalue weighted by Crippen LogP contribution is 2.70. The maximum atomic E-state index is 12.9. The molecule has 4 rings (SSSR count). The van der Waals surface area contributed by atoms with Gasteiger partial charge in [-0.3, -0.25) is 4.31 Å². The van der Waals surface area contributed by atoms with Gasteiger partial charge in [0.05, 0.1) is 11.8 Å². The third-order valence-corrected chi connectivity index (χ3v) is 9.06. The van der Waals surface area contributed by atoms with Gasteiger partial charge in [-0.2, -0.15) is 0 Å². The van der Waals surface area contributed by atoms with Gasteiger partial charge in [0.15, 0.2) is 12.7 Å². The molecule has 1 aromatic carbocycles. The lowest BCUT2D eigenvalue weighted by atomic mass is 9.69. The Bertz CT molecular complexity index is 876. The lowest BCUT2D eigenvalue weighted by Gasteiger charge is -2.38. The predicted octanol–water partition coefficient (Wildman–Crippen LogP) is 1.90. The zero-order valence-electron chi connectivity index (χ0n) is 15.4. The summed E-state index contributed by atoms with van der Waals surface area (Å²) in [6.07, 6.45) is 4.10. The van der Waals surface area contributed by atoms with Gasteiger partial charge in [-0.05, 0) is 30.6 Å². The maximum absolute atomic E-state index is 12.9. The zero-order chi connectivity index (χ0) is 18.7. The van der Waals surface area contributed by atoms with E-state index in [1.807, 2.05) is 30.3 Å². The first-order valence-corrected chi connectivity index (χ1v) is 10.8. The van der Waals surface area contributed by atoms with Crippen LogP contribution in [0.25, 0.3) is 0 Å². The summed E-state index contributed by atoms with van der Waals surface area (Å²) in [4.78, 5) is 0. The van der Waals surface area contributed by atoms with Gasteiger partial charge in [0.1, 0.15) is 6.72 Å². The maximum Gasteiger partial charge on any atom is 0.235 e. The lowest BCUT2D eigenvalue weighted by molar-refractivity contribution is -0.479. The first kappa shape index (κ1) is 17.6. The molecule has 2 saturated carbocycles. The standard InChI is InChI=1S/C20H26N2O3S/c1-19(2)16-9-10-20(19)14-26(24,25)22(17(20)11-16)18(23)13-21(3)12-15-7-5-4-6-8-15/h4-8,13,16-17H,3,9-12,14H2,1-2H3/b18-13-/t16-,17-,20-/m0/s1. The van der Waals surface area contributed by atoms with Gasteiger partial charge in [0, 0.05) is 16.9 Å². The van der Waals surface area contributed by atoms with Crippen molar-refractivity contribution in [1.29, 1.82) is 0 Å². The van der Waals surface area contributed by atoms with Crippen molar-refractivity contribution < 1.29 is 18.1 Å². The monoisotopic (exact) mass is 374 g/mol. The predicted molar refractivity (Wildman–Crippen MR) is 98.6 cm³/mol. The van der Waals surface area contributed by atoms with Crippen LogP contribution in [0.4, 0.5) is 0 Å². The Morgan fingerprint density at radius 1 is 1.38 bits per heavy atom. The SMILES string of the molecule is C=[N+](/C=C(\[O-])N1[C@H]2C[C@@H]3CC[C@@]2(CS1(=O)=O)C3(C)C)Cc1ccccc1. The van der Waals surface area contributed by atoms with Crippen molar-refractivity contribution >= 4 is 16.7 Å². The van der Waals surface area contributed by atoms with E-state index >= 15 is 0 Å². The topological polar surface area (TPSA) is 63.5 Å². The molecule has 3 aliphatic rings. The second-order valence-corrected chi connectivity index (χ2v) is 10.5. The molecule has 0 aromatic heterocycles. The van der Waals surface area contributed by atoms with Crippen molar-refractivity contribution in [1.82, 2.24) is 4.31 Å². The Morgan fingerprint density at radius 3 is 2.73 bits per heavy atom. The van der Waals surface area contributed by atoms with Crippen LogP contribution in [0.15, 0.2) is 42.4 Å². The fraction of sp³-hybridized carbons (Fsp3) is 0.550. The number of sulfonamides is 1. The quantitative estimate of drug-likeness (QED) is 0.459. The molecule has 3 atom stereocenters. The Labute approximate surface area is 155 Å². The number of hydrogen-bond acceptors (Lipinski definition) is 3. The van der Waals surface area contributed by atoms with E-state index in [0.29, 0.717) is 12.5 Å². The number of benzene rings is 1. The zero-order valence-corrected chi connectivity index (χ0v) is 16.2. The van der Waals surface area contributed by atoms with Crippen molar-refractivity contribution in [3.63, 3.8) is 0 Å². The minimum Gasteiger partial charge on any atom is -0.855 e. The molecule has 5 nitrogen and oxygen atoms in total. The third-order valence-electron chi connectivity index (χ3n) is 7.15. The van der Waals surface area contributed by atoms with Crippen molar-refractivity contribution in [2.45, 2.75) is 45.7 Å². The normalized spacial score (nSPS) is 34.1. The molecule has 0 N–H and O–H groups in total. The first-order chi connectivity index (χ1) is 12.2. The highest BCUT2D eigenvalue weighted by molar-refractivity contribution is 7.89. The highest BCUT2D eigenvalue weighted by Gasteiger charge is 2.71.